The van der Waals surface area contributed by atoms with Crippen LogP contribution in [0.25, 0.3) is 0 Å². The van der Waals surface area contributed by atoms with Crippen LogP contribution < -0.4 is 19.7 Å². The maximum absolute atomic E-state index is 13.4. The number of hydrogen-bond acceptors (Lipinski definition) is 6. The summed E-state index contributed by atoms with van der Waals surface area (Å²) in [5.74, 6) is -1.15. The number of pyridine rings is 1. The van der Waals surface area contributed by atoms with Gasteiger partial charge < -0.3 is 19.7 Å². The molecule has 2 aromatic heterocycles. The highest BCUT2D eigenvalue weighted by Crippen LogP contribution is 2.39. The predicted octanol–water partition coefficient (Wildman–Crippen LogP) is 3.79. The van der Waals surface area contributed by atoms with E-state index < -0.39 is 29.3 Å². The Kier molecular flexibility index (Phi) is 5.90. The number of nitrogens with zero attached hydrogens (tertiary/aromatic N) is 4. The summed E-state index contributed by atoms with van der Waals surface area (Å²) in [4.78, 5) is 31.6. The van der Waals surface area contributed by atoms with Crippen LogP contribution in [0.3, 0.4) is 0 Å². The number of nitrogens with one attached hydrogen (secondary N) is 1. The van der Waals surface area contributed by atoms with Crippen LogP contribution in [0.2, 0.25) is 0 Å². The van der Waals surface area contributed by atoms with Gasteiger partial charge in [-0.2, -0.15) is 18.3 Å². The minimum atomic E-state index is -4.61. The number of anilines is 2. The van der Waals surface area contributed by atoms with Gasteiger partial charge in [-0.3, -0.25) is 19.3 Å². The number of aromatic nitrogens is 3. The minimum Gasteiger partial charge on any atom is -0.496 e. The van der Waals surface area contributed by atoms with Gasteiger partial charge >= 0.3 is 6.18 Å². The molecule has 1 aliphatic rings. The Morgan fingerprint density at radius 3 is 2.59 bits per heavy atom. The van der Waals surface area contributed by atoms with Crippen LogP contribution in [-0.4, -0.2) is 47.3 Å². The number of ether oxygens (including phenoxy) is 2. The first-order valence-electron chi connectivity index (χ1n) is 10.1. The molecule has 34 heavy (non-hydrogen) atoms. The number of hydrogen-bond donors (Lipinski definition) is 1. The van der Waals surface area contributed by atoms with Crippen molar-refractivity contribution in [1.82, 2.24) is 14.8 Å². The molecule has 0 fully saturated rings. The summed E-state index contributed by atoms with van der Waals surface area (Å²) in [5, 5.41) is 6.84. The molecule has 3 heterocycles. The molecule has 0 spiro atoms. The molecular formula is C22H20F3N5O4. The number of carbonyl (C=O) groups is 2. The molecule has 0 saturated carbocycles. The fourth-order valence-corrected chi connectivity index (χ4v) is 3.73. The third kappa shape index (κ3) is 4.14. The highest BCUT2D eigenvalue weighted by molar-refractivity contribution is 6.15. The van der Waals surface area contributed by atoms with Crippen LogP contribution in [0, 0.1) is 0 Å². The molecule has 178 valence electrons. The molecule has 4 rings (SSSR count). The lowest BCUT2D eigenvalue weighted by molar-refractivity contribution is -0.138. The molecule has 0 saturated heterocycles. The van der Waals surface area contributed by atoms with E-state index >= 15 is 0 Å². The van der Waals surface area contributed by atoms with Gasteiger partial charge in [-0.1, -0.05) is 0 Å². The topological polar surface area (TPSA) is 98.6 Å². The molecule has 2 amide bonds. The largest absolute Gasteiger partial charge is 0.496 e. The van der Waals surface area contributed by atoms with E-state index in [0.717, 1.165) is 19.2 Å². The number of alkyl halides is 3. The van der Waals surface area contributed by atoms with Crippen molar-refractivity contribution < 1.29 is 32.2 Å². The maximum Gasteiger partial charge on any atom is 0.419 e. The highest BCUT2D eigenvalue weighted by Gasteiger charge is 2.38. The van der Waals surface area contributed by atoms with E-state index in [0.29, 0.717) is 11.4 Å². The van der Waals surface area contributed by atoms with Gasteiger partial charge in [0.05, 0.1) is 55.7 Å². The number of methoxy groups -OCH3 is 2. The second-order valence-corrected chi connectivity index (χ2v) is 7.57. The first-order valence-corrected chi connectivity index (χ1v) is 10.1. The average molecular weight is 475 g/mol. The zero-order valence-corrected chi connectivity index (χ0v) is 18.4. The first-order chi connectivity index (χ1) is 16.1. The van der Waals surface area contributed by atoms with E-state index in [1.807, 2.05) is 0 Å². The molecule has 0 bridgehead atoms. The molecule has 1 aliphatic heterocycles. The summed E-state index contributed by atoms with van der Waals surface area (Å²) in [5.41, 5.74) is -0.357. The molecule has 0 aliphatic carbocycles. The average Bonchev–Trinajstić information content (AvgIpc) is 3.27. The van der Waals surface area contributed by atoms with Crippen molar-refractivity contribution in [2.75, 3.05) is 31.0 Å². The van der Waals surface area contributed by atoms with Crippen molar-refractivity contribution in [3.8, 4) is 11.5 Å². The van der Waals surface area contributed by atoms with Crippen LogP contribution in [0.5, 0.6) is 11.5 Å². The van der Waals surface area contributed by atoms with Crippen molar-refractivity contribution >= 4 is 23.2 Å². The number of halogens is 3. The monoisotopic (exact) mass is 475 g/mol. The van der Waals surface area contributed by atoms with E-state index in [2.05, 4.69) is 15.4 Å². The van der Waals surface area contributed by atoms with Crippen molar-refractivity contribution in [1.29, 1.82) is 0 Å². The second kappa shape index (κ2) is 8.69. The fraction of sp³-hybridized carbons (Fsp3) is 0.273. The molecule has 3 aromatic rings. The molecule has 0 radical (unpaired) electrons. The number of fused-ring (bicyclic) bond motifs is 1. The SMILES string of the molecule is COc1cncc(NC(=O)c2cnn3c2C(=O)N(c2ccc(C(F)(F)F)c(OC)c2)CC3C)c1. The van der Waals surface area contributed by atoms with Crippen molar-refractivity contribution in [3.05, 3.63) is 59.7 Å². The number of carbonyl (C=O) groups excluding carboxylic acids is 2. The molecule has 12 heteroatoms. The third-order valence-electron chi connectivity index (χ3n) is 5.36. The van der Waals surface area contributed by atoms with E-state index in [-0.39, 0.29) is 29.5 Å². The van der Waals surface area contributed by atoms with Gasteiger partial charge in [0, 0.05) is 24.4 Å². The Bertz CT molecular complexity index is 1260. The Labute approximate surface area is 192 Å². The molecule has 1 aromatic carbocycles. The fourth-order valence-electron chi connectivity index (χ4n) is 3.73. The molecule has 1 unspecified atom stereocenters. The Morgan fingerprint density at radius 2 is 1.91 bits per heavy atom. The number of rotatable bonds is 5. The Hall–Kier alpha value is -4.09. The Balaban J connectivity index is 1.67. The van der Waals surface area contributed by atoms with Gasteiger partial charge in [0.25, 0.3) is 11.8 Å². The zero-order valence-electron chi connectivity index (χ0n) is 18.4. The number of amides is 2. The van der Waals surface area contributed by atoms with Crippen LogP contribution in [-0.2, 0) is 6.18 Å². The summed E-state index contributed by atoms with van der Waals surface area (Å²) < 4.78 is 51.2. The normalized spacial score (nSPS) is 15.6. The Morgan fingerprint density at radius 1 is 1.15 bits per heavy atom. The van der Waals surface area contributed by atoms with Crippen molar-refractivity contribution in [2.24, 2.45) is 0 Å². The summed E-state index contributed by atoms with van der Waals surface area (Å²) in [6.45, 7) is 1.92. The lowest BCUT2D eigenvalue weighted by Gasteiger charge is -2.32. The van der Waals surface area contributed by atoms with Gasteiger partial charge in [-0.15, -0.1) is 0 Å². The maximum atomic E-state index is 13.4. The number of benzene rings is 1. The predicted molar refractivity (Wildman–Crippen MR) is 115 cm³/mol. The van der Waals surface area contributed by atoms with Crippen molar-refractivity contribution in [2.45, 2.75) is 19.1 Å². The van der Waals surface area contributed by atoms with Gasteiger partial charge in [-0.25, -0.2) is 0 Å². The quantitative estimate of drug-likeness (QED) is 0.603. The summed E-state index contributed by atoms with van der Waals surface area (Å²) in [6.07, 6.45) is -0.439. The van der Waals surface area contributed by atoms with E-state index in [9.17, 15) is 22.8 Å². The standard InChI is InChI=1S/C22H20F3N5O4/c1-12-11-29(14-4-5-17(22(23,24)25)18(7-14)34-3)21(32)19-16(10-27-30(12)19)20(31)28-13-6-15(33-2)9-26-8-13/h4-10,12H,11H2,1-3H3,(H,28,31). The summed E-state index contributed by atoms with van der Waals surface area (Å²) in [7, 11) is 2.58. The van der Waals surface area contributed by atoms with Crippen LogP contribution >= 0.6 is 0 Å². The lowest BCUT2D eigenvalue weighted by Crippen LogP contribution is -2.43. The van der Waals surface area contributed by atoms with E-state index in [1.165, 1.54) is 41.3 Å². The first kappa shape index (κ1) is 23.1. The molecular weight excluding hydrogens is 455 g/mol. The summed E-state index contributed by atoms with van der Waals surface area (Å²) in [6, 6.07) is 4.43. The minimum absolute atomic E-state index is 0.0169. The third-order valence-corrected chi connectivity index (χ3v) is 5.36. The van der Waals surface area contributed by atoms with Gasteiger partial charge in [0.15, 0.2) is 0 Å². The smallest absolute Gasteiger partial charge is 0.419 e. The van der Waals surface area contributed by atoms with Crippen LogP contribution in [0.1, 0.15) is 39.4 Å². The molecule has 9 nitrogen and oxygen atoms in total. The lowest BCUT2D eigenvalue weighted by atomic mass is 10.1. The second-order valence-electron chi connectivity index (χ2n) is 7.57. The van der Waals surface area contributed by atoms with E-state index in [4.69, 9.17) is 9.47 Å². The molecule has 1 N–H and O–H groups in total. The molecule has 1 atom stereocenters. The van der Waals surface area contributed by atoms with Gasteiger partial charge in [0.2, 0.25) is 0 Å². The van der Waals surface area contributed by atoms with E-state index in [1.54, 1.807) is 13.0 Å². The van der Waals surface area contributed by atoms with Crippen molar-refractivity contribution in [3.63, 3.8) is 0 Å². The van der Waals surface area contributed by atoms with Gasteiger partial charge in [0.1, 0.15) is 17.2 Å². The zero-order chi connectivity index (χ0) is 24.6. The highest BCUT2D eigenvalue weighted by atomic mass is 19.4. The van der Waals surface area contributed by atoms with Crippen LogP contribution in [0.15, 0.2) is 42.9 Å². The summed E-state index contributed by atoms with van der Waals surface area (Å²) >= 11 is 0. The van der Waals surface area contributed by atoms with Crippen LogP contribution in [0.4, 0.5) is 24.5 Å². The van der Waals surface area contributed by atoms with Gasteiger partial charge in [-0.05, 0) is 19.1 Å².